The molecule has 0 amide bonds. The molecule has 0 heterocycles. The highest BCUT2D eigenvalue weighted by Crippen LogP contribution is 2.38. The van der Waals surface area contributed by atoms with Crippen molar-refractivity contribution in [3.8, 4) is 0 Å². The monoisotopic (exact) mass is 244 g/mol. The Balaban J connectivity index is 2.19. The predicted molar refractivity (Wildman–Crippen MR) is 60.6 cm³/mol. The number of alkyl halides is 3. The van der Waals surface area contributed by atoms with Crippen molar-refractivity contribution in [3.05, 3.63) is 29.8 Å². The summed E-state index contributed by atoms with van der Waals surface area (Å²) in [5.74, 6) is 0.418. The van der Waals surface area contributed by atoms with Gasteiger partial charge in [0.15, 0.2) is 0 Å². The number of halogens is 3. The number of benzene rings is 1. The summed E-state index contributed by atoms with van der Waals surface area (Å²) >= 11 is 0. The molecule has 1 unspecified atom stereocenters. The lowest BCUT2D eigenvalue weighted by molar-refractivity contribution is -0.137. The molecule has 17 heavy (non-hydrogen) atoms. The molecule has 2 nitrogen and oxygen atoms in total. The Kier molecular flexibility index (Phi) is 3.28. The van der Waals surface area contributed by atoms with Gasteiger partial charge in [-0.1, -0.05) is 12.1 Å². The van der Waals surface area contributed by atoms with Crippen LogP contribution in [0.1, 0.15) is 18.4 Å². The molecular weight excluding hydrogens is 229 g/mol. The van der Waals surface area contributed by atoms with Crippen LogP contribution in [-0.2, 0) is 6.18 Å². The summed E-state index contributed by atoms with van der Waals surface area (Å²) in [5.41, 5.74) is 5.08. The smallest absolute Gasteiger partial charge is 0.380 e. The topological polar surface area (TPSA) is 38.0 Å². The lowest BCUT2D eigenvalue weighted by atomic mass is 10.1. The van der Waals surface area contributed by atoms with Crippen LogP contribution in [0.25, 0.3) is 0 Å². The maximum atomic E-state index is 12.7. The van der Waals surface area contributed by atoms with Crippen LogP contribution < -0.4 is 11.1 Å². The third-order valence-corrected chi connectivity index (χ3v) is 3.02. The van der Waals surface area contributed by atoms with Crippen LogP contribution in [0.5, 0.6) is 0 Å². The third kappa shape index (κ3) is 2.91. The van der Waals surface area contributed by atoms with Crippen LogP contribution in [0, 0.1) is 5.92 Å². The standard InChI is InChI=1S/C12H15F3N2/c13-12(14,15)9-3-1-2-4-10(9)17-11(7-16)8-5-6-8/h1-4,8,11,17H,5-7,16H2. The van der Waals surface area contributed by atoms with Crippen molar-refractivity contribution in [1.82, 2.24) is 0 Å². The molecule has 1 aromatic carbocycles. The second-order valence-corrected chi connectivity index (χ2v) is 4.37. The number of hydrogen-bond donors (Lipinski definition) is 2. The van der Waals surface area contributed by atoms with Crippen LogP contribution >= 0.6 is 0 Å². The van der Waals surface area contributed by atoms with Gasteiger partial charge in [-0.25, -0.2) is 0 Å². The van der Waals surface area contributed by atoms with Crippen LogP contribution in [0.4, 0.5) is 18.9 Å². The van der Waals surface area contributed by atoms with Gasteiger partial charge in [0.05, 0.1) is 5.56 Å². The van der Waals surface area contributed by atoms with E-state index in [1.165, 1.54) is 12.1 Å². The summed E-state index contributed by atoms with van der Waals surface area (Å²) < 4.78 is 38.2. The number of nitrogens with two attached hydrogens (primary N) is 1. The van der Waals surface area contributed by atoms with Crippen molar-refractivity contribution < 1.29 is 13.2 Å². The SMILES string of the molecule is NCC(Nc1ccccc1C(F)(F)F)C1CC1. The van der Waals surface area contributed by atoms with E-state index in [9.17, 15) is 13.2 Å². The first kappa shape index (κ1) is 12.2. The van der Waals surface area contributed by atoms with E-state index in [1.807, 2.05) is 0 Å². The lowest BCUT2D eigenvalue weighted by Crippen LogP contribution is -2.31. The first-order valence-electron chi connectivity index (χ1n) is 5.65. The average Bonchev–Trinajstić information content (AvgIpc) is 3.09. The van der Waals surface area contributed by atoms with Gasteiger partial charge >= 0.3 is 6.18 Å². The molecule has 2 rings (SSSR count). The average molecular weight is 244 g/mol. The Hall–Kier alpha value is -1.23. The first-order chi connectivity index (χ1) is 8.02. The fourth-order valence-electron chi connectivity index (χ4n) is 1.92. The normalized spacial score (nSPS) is 17.9. The highest BCUT2D eigenvalue weighted by atomic mass is 19.4. The fraction of sp³-hybridized carbons (Fsp3) is 0.500. The van der Waals surface area contributed by atoms with Gasteiger partial charge in [-0.05, 0) is 30.9 Å². The van der Waals surface area contributed by atoms with Gasteiger partial charge in [0.1, 0.15) is 0 Å². The molecule has 94 valence electrons. The molecule has 0 aliphatic heterocycles. The largest absolute Gasteiger partial charge is 0.418 e. The van der Waals surface area contributed by atoms with Crippen molar-refractivity contribution in [1.29, 1.82) is 0 Å². The lowest BCUT2D eigenvalue weighted by Gasteiger charge is -2.20. The van der Waals surface area contributed by atoms with Gasteiger partial charge in [0.2, 0.25) is 0 Å². The highest BCUT2D eigenvalue weighted by Gasteiger charge is 2.35. The highest BCUT2D eigenvalue weighted by molar-refractivity contribution is 5.53. The zero-order valence-corrected chi connectivity index (χ0v) is 9.30. The van der Waals surface area contributed by atoms with Crippen molar-refractivity contribution in [2.75, 3.05) is 11.9 Å². The van der Waals surface area contributed by atoms with Crippen molar-refractivity contribution >= 4 is 5.69 Å². The summed E-state index contributed by atoms with van der Waals surface area (Å²) in [7, 11) is 0. The molecule has 0 bridgehead atoms. The molecular formula is C12H15F3N2. The Bertz CT molecular complexity index is 386. The molecule has 1 saturated carbocycles. The summed E-state index contributed by atoms with van der Waals surface area (Å²) in [6.07, 6.45) is -2.24. The van der Waals surface area contributed by atoms with Gasteiger partial charge in [0, 0.05) is 18.3 Å². The number of para-hydroxylation sites is 1. The van der Waals surface area contributed by atoms with Crippen molar-refractivity contribution in [2.45, 2.75) is 25.1 Å². The molecule has 1 aliphatic carbocycles. The van der Waals surface area contributed by atoms with E-state index in [-0.39, 0.29) is 11.7 Å². The molecule has 5 heteroatoms. The Morgan fingerprint density at radius 3 is 2.47 bits per heavy atom. The van der Waals surface area contributed by atoms with Gasteiger partial charge in [-0.2, -0.15) is 13.2 Å². The summed E-state index contributed by atoms with van der Waals surface area (Å²) in [4.78, 5) is 0. The van der Waals surface area contributed by atoms with Crippen molar-refractivity contribution in [2.24, 2.45) is 11.7 Å². The molecule has 1 aromatic rings. The summed E-state index contributed by atoms with van der Waals surface area (Å²) in [6.45, 7) is 0.358. The molecule has 0 radical (unpaired) electrons. The minimum Gasteiger partial charge on any atom is -0.380 e. The van der Waals surface area contributed by atoms with Crippen LogP contribution in [0.15, 0.2) is 24.3 Å². The maximum Gasteiger partial charge on any atom is 0.418 e. The molecule has 3 N–H and O–H groups in total. The van der Waals surface area contributed by atoms with Gasteiger partial charge in [0.25, 0.3) is 0 Å². The second kappa shape index (κ2) is 4.56. The van der Waals surface area contributed by atoms with Crippen LogP contribution in [0.2, 0.25) is 0 Å². The van der Waals surface area contributed by atoms with Gasteiger partial charge in [-0.15, -0.1) is 0 Å². The van der Waals surface area contributed by atoms with Gasteiger partial charge < -0.3 is 11.1 Å². The predicted octanol–water partition coefficient (Wildman–Crippen LogP) is 2.85. The minimum atomic E-state index is -4.33. The molecule has 1 atom stereocenters. The number of nitrogens with one attached hydrogen (secondary N) is 1. The van der Waals surface area contributed by atoms with E-state index in [2.05, 4.69) is 5.32 Å². The number of anilines is 1. The Labute approximate surface area is 98.0 Å². The second-order valence-electron chi connectivity index (χ2n) is 4.37. The molecule has 0 aromatic heterocycles. The maximum absolute atomic E-state index is 12.7. The zero-order valence-electron chi connectivity index (χ0n) is 9.30. The van der Waals surface area contributed by atoms with E-state index >= 15 is 0 Å². The van der Waals surface area contributed by atoms with E-state index in [0.29, 0.717) is 12.5 Å². The van der Waals surface area contributed by atoms with E-state index < -0.39 is 11.7 Å². The summed E-state index contributed by atoms with van der Waals surface area (Å²) in [5, 5.41) is 2.92. The zero-order chi connectivity index (χ0) is 12.5. The molecule has 0 saturated heterocycles. The minimum absolute atomic E-state index is 0.0569. The van der Waals surface area contributed by atoms with E-state index in [0.717, 1.165) is 18.9 Å². The number of rotatable bonds is 4. The summed E-state index contributed by atoms with van der Waals surface area (Å²) in [6, 6.07) is 5.47. The molecule has 0 spiro atoms. The molecule has 1 aliphatic rings. The van der Waals surface area contributed by atoms with Crippen LogP contribution in [-0.4, -0.2) is 12.6 Å². The number of hydrogen-bond acceptors (Lipinski definition) is 2. The van der Waals surface area contributed by atoms with E-state index in [4.69, 9.17) is 5.73 Å². The third-order valence-electron chi connectivity index (χ3n) is 3.02. The first-order valence-corrected chi connectivity index (χ1v) is 5.65. The van der Waals surface area contributed by atoms with Crippen LogP contribution in [0.3, 0.4) is 0 Å². The van der Waals surface area contributed by atoms with Crippen molar-refractivity contribution in [3.63, 3.8) is 0 Å². The quantitative estimate of drug-likeness (QED) is 0.854. The molecule has 1 fully saturated rings. The fourth-order valence-corrected chi connectivity index (χ4v) is 1.92. The van der Waals surface area contributed by atoms with E-state index in [1.54, 1.807) is 6.07 Å². The Morgan fingerprint density at radius 2 is 1.94 bits per heavy atom. The van der Waals surface area contributed by atoms with Gasteiger partial charge in [-0.3, -0.25) is 0 Å². The Morgan fingerprint density at radius 1 is 1.29 bits per heavy atom.